The van der Waals surface area contributed by atoms with Gasteiger partial charge in [0.25, 0.3) is 0 Å². The molecule has 0 radical (unpaired) electrons. The van der Waals surface area contributed by atoms with Crippen LogP contribution in [0, 0.1) is 11.3 Å². The zero-order valence-corrected chi connectivity index (χ0v) is 8.03. The van der Waals surface area contributed by atoms with Crippen molar-refractivity contribution >= 4 is 5.82 Å². The normalized spacial score (nSPS) is 9.71. The zero-order valence-electron chi connectivity index (χ0n) is 8.03. The third-order valence-electron chi connectivity index (χ3n) is 1.74. The van der Waals surface area contributed by atoms with Crippen molar-refractivity contribution in [3.63, 3.8) is 0 Å². The van der Waals surface area contributed by atoms with Crippen LogP contribution in [0.2, 0.25) is 0 Å². The number of aryl methyl sites for hydroxylation is 1. The van der Waals surface area contributed by atoms with Gasteiger partial charge in [0.15, 0.2) is 0 Å². The number of ether oxygens (including phenoxy) is 1. The number of methoxy groups -OCH3 is 1. The molecule has 0 bridgehead atoms. The molecule has 0 fully saturated rings. The Bertz CT molecular complexity index is 345. The number of nitrogen functional groups attached to an aromatic ring is 1. The maximum Gasteiger partial charge on any atom is 0.145 e. The Hall–Kier alpha value is -1.67. The molecule has 1 aromatic rings. The second kappa shape index (κ2) is 5.14. The SMILES string of the molecule is COCCCc1ncc(C#N)c(N)n1. The summed E-state index contributed by atoms with van der Waals surface area (Å²) >= 11 is 0. The van der Waals surface area contributed by atoms with Crippen LogP contribution < -0.4 is 5.73 Å². The monoisotopic (exact) mass is 192 g/mol. The summed E-state index contributed by atoms with van der Waals surface area (Å²) in [7, 11) is 1.65. The fraction of sp³-hybridized carbons (Fsp3) is 0.444. The molecular weight excluding hydrogens is 180 g/mol. The van der Waals surface area contributed by atoms with Gasteiger partial charge in [0.1, 0.15) is 23.3 Å². The smallest absolute Gasteiger partial charge is 0.145 e. The molecule has 0 aromatic carbocycles. The molecule has 2 N–H and O–H groups in total. The molecule has 0 saturated heterocycles. The first-order valence-electron chi connectivity index (χ1n) is 4.28. The van der Waals surface area contributed by atoms with Gasteiger partial charge in [-0.15, -0.1) is 0 Å². The molecule has 0 amide bonds. The Kier molecular flexibility index (Phi) is 3.83. The van der Waals surface area contributed by atoms with Crippen LogP contribution >= 0.6 is 0 Å². The second-order valence-corrected chi connectivity index (χ2v) is 2.79. The molecule has 0 aliphatic carbocycles. The summed E-state index contributed by atoms with van der Waals surface area (Å²) in [5, 5.41) is 8.59. The number of nitrogens with zero attached hydrogens (tertiary/aromatic N) is 3. The van der Waals surface area contributed by atoms with Crippen molar-refractivity contribution in [2.45, 2.75) is 12.8 Å². The van der Waals surface area contributed by atoms with Gasteiger partial charge in [0, 0.05) is 20.1 Å². The molecule has 14 heavy (non-hydrogen) atoms. The van der Waals surface area contributed by atoms with E-state index in [1.807, 2.05) is 6.07 Å². The standard InChI is InChI=1S/C9H12N4O/c1-14-4-2-3-8-12-6-7(5-10)9(11)13-8/h6H,2-4H2,1H3,(H2,11,12,13). The lowest BCUT2D eigenvalue weighted by atomic mass is 10.3. The first-order valence-corrected chi connectivity index (χ1v) is 4.28. The van der Waals surface area contributed by atoms with Crippen LogP contribution in [-0.4, -0.2) is 23.7 Å². The van der Waals surface area contributed by atoms with Gasteiger partial charge in [0.2, 0.25) is 0 Å². The predicted molar refractivity (Wildman–Crippen MR) is 51.4 cm³/mol. The van der Waals surface area contributed by atoms with Gasteiger partial charge in [-0.1, -0.05) is 0 Å². The molecule has 1 aromatic heterocycles. The third-order valence-corrected chi connectivity index (χ3v) is 1.74. The lowest BCUT2D eigenvalue weighted by Crippen LogP contribution is -2.03. The number of aromatic nitrogens is 2. The summed E-state index contributed by atoms with van der Waals surface area (Å²) < 4.78 is 4.90. The van der Waals surface area contributed by atoms with Gasteiger partial charge in [-0.2, -0.15) is 5.26 Å². The highest BCUT2D eigenvalue weighted by atomic mass is 16.5. The van der Waals surface area contributed by atoms with Gasteiger partial charge in [-0.25, -0.2) is 9.97 Å². The summed E-state index contributed by atoms with van der Waals surface area (Å²) in [6, 6.07) is 1.92. The lowest BCUT2D eigenvalue weighted by Gasteiger charge is -2.01. The molecule has 0 aliphatic heterocycles. The van der Waals surface area contributed by atoms with Gasteiger partial charge in [-0.05, 0) is 6.42 Å². The molecule has 1 rings (SSSR count). The minimum Gasteiger partial charge on any atom is -0.385 e. The van der Waals surface area contributed by atoms with Gasteiger partial charge >= 0.3 is 0 Å². The third kappa shape index (κ3) is 2.68. The average Bonchev–Trinajstić information content (AvgIpc) is 2.18. The predicted octanol–water partition coefficient (Wildman–Crippen LogP) is 0.509. The minimum absolute atomic E-state index is 0.245. The molecule has 0 atom stereocenters. The van der Waals surface area contributed by atoms with E-state index in [0.717, 1.165) is 6.42 Å². The van der Waals surface area contributed by atoms with E-state index in [-0.39, 0.29) is 5.82 Å². The van der Waals surface area contributed by atoms with Crippen LogP contribution in [0.25, 0.3) is 0 Å². The first kappa shape index (κ1) is 10.4. The largest absolute Gasteiger partial charge is 0.385 e. The molecule has 5 heteroatoms. The van der Waals surface area contributed by atoms with E-state index >= 15 is 0 Å². The molecule has 0 aliphatic rings. The van der Waals surface area contributed by atoms with E-state index in [0.29, 0.717) is 24.4 Å². The van der Waals surface area contributed by atoms with Crippen LogP contribution in [-0.2, 0) is 11.2 Å². The first-order chi connectivity index (χ1) is 6.77. The van der Waals surface area contributed by atoms with Gasteiger partial charge in [-0.3, -0.25) is 0 Å². The number of anilines is 1. The number of nitriles is 1. The van der Waals surface area contributed by atoms with Gasteiger partial charge < -0.3 is 10.5 Å². The van der Waals surface area contributed by atoms with E-state index in [9.17, 15) is 0 Å². The number of nitrogens with two attached hydrogens (primary N) is 1. The summed E-state index contributed by atoms with van der Waals surface area (Å²) in [5.41, 5.74) is 5.85. The quantitative estimate of drug-likeness (QED) is 0.702. The van der Waals surface area contributed by atoms with Crippen LogP contribution in [0.5, 0.6) is 0 Å². The maximum atomic E-state index is 8.59. The van der Waals surface area contributed by atoms with E-state index in [2.05, 4.69) is 9.97 Å². The Morgan fingerprint density at radius 3 is 3.00 bits per heavy atom. The fourth-order valence-corrected chi connectivity index (χ4v) is 1.01. The van der Waals surface area contributed by atoms with Crippen molar-refractivity contribution in [2.24, 2.45) is 0 Å². The van der Waals surface area contributed by atoms with E-state index in [1.54, 1.807) is 7.11 Å². The molecule has 1 heterocycles. The molecule has 5 nitrogen and oxygen atoms in total. The maximum absolute atomic E-state index is 8.59. The summed E-state index contributed by atoms with van der Waals surface area (Å²) in [4.78, 5) is 8.02. The number of rotatable bonds is 4. The van der Waals surface area contributed by atoms with Crippen molar-refractivity contribution in [2.75, 3.05) is 19.5 Å². The molecular formula is C9H12N4O. The highest BCUT2D eigenvalue weighted by Crippen LogP contribution is 2.06. The summed E-state index contributed by atoms with van der Waals surface area (Å²) in [6.45, 7) is 0.670. The van der Waals surface area contributed by atoms with Gasteiger partial charge in [0.05, 0.1) is 6.20 Å². The topological polar surface area (TPSA) is 84.8 Å². The van der Waals surface area contributed by atoms with Crippen molar-refractivity contribution in [1.29, 1.82) is 5.26 Å². The van der Waals surface area contributed by atoms with Crippen LogP contribution in [0.1, 0.15) is 17.8 Å². The second-order valence-electron chi connectivity index (χ2n) is 2.79. The molecule has 0 saturated carbocycles. The minimum atomic E-state index is 0.245. The van der Waals surface area contributed by atoms with Crippen LogP contribution in [0.3, 0.4) is 0 Å². The van der Waals surface area contributed by atoms with E-state index < -0.39 is 0 Å². The summed E-state index contributed by atoms with van der Waals surface area (Å²) in [5.74, 6) is 0.897. The van der Waals surface area contributed by atoms with E-state index in [1.165, 1.54) is 6.20 Å². The Labute approximate surface area is 82.5 Å². The lowest BCUT2D eigenvalue weighted by molar-refractivity contribution is 0.194. The molecule has 0 spiro atoms. The van der Waals surface area contributed by atoms with Crippen molar-refractivity contribution in [3.05, 3.63) is 17.6 Å². The molecule has 74 valence electrons. The average molecular weight is 192 g/mol. The van der Waals surface area contributed by atoms with E-state index in [4.69, 9.17) is 15.7 Å². The zero-order chi connectivity index (χ0) is 10.4. The van der Waals surface area contributed by atoms with Crippen molar-refractivity contribution in [1.82, 2.24) is 9.97 Å². The highest BCUT2D eigenvalue weighted by molar-refractivity contribution is 5.46. The van der Waals surface area contributed by atoms with Crippen LogP contribution in [0.4, 0.5) is 5.82 Å². The Morgan fingerprint density at radius 1 is 1.64 bits per heavy atom. The van der Waals surface area contributed by atoms with Crippen LogP contribution in [0.15, 0.2) is 6.20 Å². The fourth-order valence-electron chi connectivity index (χ4n) is 1.01. The van der Waals surface area contributed by atoms with Crippen molar-refractivity contribution in [3.8, 4) is 6.07 Å². The summed E-state index contributed by atoms with van der Waals surface area (Å²) in [6.07, 6.45) is 3.01. The number of hydrogen-bond acceptors (Lipinski definition) is 5. The molecule has 0 unspecified atom stereocenters. The Balaban J connectivity index is 2.63. The highest BCUT2D eigenvalue weighted by Gasteiger charge is 2.02. The van der Waals surface area contributed by atoms with Crippen molar-refractivity contribution < 1.29 is 4.74 Å². The Morgan fingerprint density at radius 2 is 2.43 bits per heavy atom. The number of hydrogen-bond donors (Lipinski definition) is 1.